The Kier molecular flexibility index (Phi) is 5.36. The SMILES string of the molecule is Cc1ccc(C(=O)NC2CC2)cc1-n1ncc(C(=O)C2C=CC(C(=O)NC3CC3)=CC2)c1N. The monoisotopic (exact) mass is 445 g/mol. The van der Waals surface area contributed by atoms with Crippen LogP contribution < -0.4 is 16.4 Å². The van der Waals surface area contributed by atoms with Gasteiger partial charge in [0, 0.05) is 29.1 Å². The molecule has 170 valence electrons. The van der Waals surface area contributed by atoms with Crippen LogP contribution in [0, 0.1) is 12.8 Å². The van der Waals surface area contributed by atoms with Crippen molar-refractivity contribution in [2.75, 3.05) is 5.73 Å². The van der Waals surface area contributed by atoms with E-state index in [2.05, 4.69) is 15.7 Å². The summed E-state index contributed by atoms with van der Waals surface area (Å²) in [5, 5.41) is 10.3. The molecule has 4 N–H and O–H groups in total. The average Bonchev–Trinajstić information content (AvgIpc) is 3.75. The summed E-state index contributed by atoms with van der Waals surface area (Å²) in [4.78, 5) is 37.8. The third-order valence-corrected chi connectivity index (χ3v) is 6.30. The first-order valence-electron chi connectivity index (χ1n) is 11.4. The summed E-state index contributed by atoms with van der Waals surface area (Å²) in [5.41, 5.74) is 9.34. The van der Waals surface area contributed by atoms with Gasteiger partial charge in [0.15, 0.2) is 5.78 Å². The number of hydrogen-bond acceptors (Lipinski definition) is 5. The Balaban J connectivity index is 1.32. The van der Waals surface area contributed by atoms with Gasteiger partial charge >= 0.3 is 0 Å². The first-order chi connectivity index (χ1) is 15.9. The molecule has 0 bridgehead atoms. The van der Waals surface area contributed by atoms with E-state index in [4.69, 9.17) is 5.73 Å². The molecule has 3 aliphatic carbocycles. The minimum absolute atomic E-state index is 0.0898. The summed E-state index contributed by atoms with van der Waals surface area (Å²) in [6, 6.07) is 5.93. The lowest BCUT2D eigenvalue weighted by Crippen LogP contribution is -2.27. The van der Waals surface area contributed by atoms with Crippen molar-refractivity contribution < 1.29 is 14.4 Å². The maximum Gasteiger partial charge on any atom is 0.251 e. The maximum atomic E-state index is 13.1. The molecule has 1 unspecified atom stereocenters. The van der Waals surface area contributed by atoms with E-state index in [0.29, 0.717) is 34.9 Å². The third kappa shape index (κ3) is 4.46. The van der Waals surface area contributed by atoms with Crippen LogP contribution in [0.25, 0.3) is 5.69 Å². The molecule has 33 heavy (non-hydrogen) atoms. The number of nitrogens with one attached hydrogen (secondary N) is 2. The average molecular weight is 446 g/mol. The van der Waals surface area contributed by atoms with Crippen molar-refractivity contribution in [3.63, 3.8) is 0 Å². The lowest BCUT2D eigenvalue weighted by molar-refractivity contribution is -0.117. The molecule has 5 rings (SSSR count). The van der Waals surface area contributed by atoms with Crippen molar-refractivity contribution in [3.8, 4) is 5.69 Å². The zero-order valence-corrected chi connectivity index (χ0v) is 18.5. The lowest BCUT2D eigenvalue weighted by atomic mass is 9.90. The summed E-state index contributed by atoms with van der Waals surface area (Å²) in [6.07, 6.45) is 11.3. The van der Waals surface area contributed by atoms with Crippen LogP contribution in [0.15, 0.2) is 48.2 Å². The fourth-order valence-electron chi connectivity index (χ4n) is 3.89. The number of carbonyl (C=O) groups excluding carboxylic acids is 3. The van der Waals surface area contributed by atoms with Crippen LogP contribution >= 0.6 is 0 Å². The van der Waals surface area contributed by atoms with E-state index in [1.54, 1.807) is 30.4 Å². The lowest BCUT2D eigenvalue weighted by Gasteiger charge is -2.15. The zero-order chi connectivity index (χ0) is 23.1. The number of allylic oxidation sites excluding steroid dienone is 2. The van der Waals surface area contributed by atoms with E-state index in [1.807, 2.05) is 13.0 Å². The number of aryl methyl sites for hydroxylation is 1. The van der Waals surface area contributed by atoms with Crippen molar-refractivity contribution >= 4 is 23.4 Å². The molecule has 1 heterocycles. The highest BCUT2D eigenvalue weighted by Gasteiger charge is 2.28. The molecule has 0 spiro atoms. The molecule has 1 aromatic heterocycles. The fraction of sp³-hybridized carbons (Fsp3) is 0.360. The van der Waals surface area contributed by atoms with Gasteiger partial charge in [-0.3, -0.25) is 14.4 Å². The number of ketones is 1. The van der Waals surface area contributed by atoms with Gasteiger partial charge in [-0.2, -0.15) is 5.10 Å². The Bertz CT molecular complexity index is 1200. The Hall–Kier alpha value is -3.68. The number of benzene rings is 1. The van der Waals surface area contributed by atoms with Gasteiger partial charge in [0.25, 0.3) is 11.8 Å². The van der Waals surface area contributed by atoms with Gasteiger partial charge in [0.1, 0.15) is 5.82 Å². The van der Waals surface area contributed by atoms with Gasteiger partial charge in [-0.25, -0.2) is 4.68 Å². The standard InChI is InChI=1S/C25H27N5O3/c1-14-2-3-17(25(33)29-19-10-11-19)12-21(14)30-23(26)20(13-27-30)22(31)15-4-6-16(7-5-15)24(32)28-18-8-9-18/h2-4,6-7,12-13,15,18-19H,5,8-11,26H2,1H3,(H,28,32)(H,29,33). The van der Waals surface area contributed by atoms with Gasteiger partial charge in [-0.15, -0.1) is 0 Å². The van der Waals surface area contributed by atoms with Crippen molar-refractivity contribution in [1.29, 1.82) is 0 Å². The molecule has 0 aliphatic heterocycles. The highest BCUT2D eigenvalue weighted by Crippen LogP contribution is 2.28. The molecule has 3 aliphatic rings. The zero-order valence-electron chi connectivity index (χ0n) is 18.5. The molecule has 2 aromatic rings. The number of anilines is 1. The molecule has 2 fully saturated rings. The van der Waals surface area contributed by atoms with Gasteiger partial charge in [-0.05, 0) is 56.7 Å². The van der Waals surface area contributed by atoms with Gasteiger partial charge < -0.3 is 16.4 Å². The molecule has 0 radical (unpaired) electrons. The number of hydrogen-bond donors (Lipinski definition) is 3. The van der Waals surface area contributed by atoms with Gasteiger partial charge in [-0.1, -0.05) is 24.3 Å². The summed E-state index contributed by atoms with van der Waals surface area (Å²) < 4.78 is 1.51. The molecule has 2 saturated carbocycles. The van der Waals surface area contributed by atoms with Crippen LogP contribution in [0.3, 0.4) is 0 Å². The molecule has 2 amide bonds. The third-order valence-electron chi connectivity index (χ3n) is 6.30. The predicted octanol–water partition coefficient (Wildman–Crippen LogP) is 2.62. The number of nitrogens with two attached hydrogens (primary N) is 1. The Morgan fingerprint density at radius 2 is 1.76 bits per heavy atom. The Morgan fingerprint density at radius 1 is 1.06 bits per heavy atom. The summed E-state index contributed by atoms with van der Waals surface area (Å²) in [7, 11) is 0. The van der Waals surface area contributed by atoms with Crippen LogP contribution in [-0.2, 0) is 4.79 Å². The number of aromatic nitrogens is 2. The maximum absolute atomic E-state index is 13.1. The topological polar surface area (TPSA) is 119 Å². The highest BCUT2D eigenvalue weighted by atomic mass is 16.2. The Morgan fingerprint density at radius 3 is 2.39 bits per heavy atom. The summed E-state index contributed by atoms with van der Waals surface area (Å²) >= 11 is 0. The second-order valence-electron chi connectivity index (χ2n) is 9.08. The number of nitrogen functional groups attached to an aromatic ring is 1. The molecule has 0 saturated heterocycles. The molecule has 1 atom stereocenters. The second kappa shape index (κ2) is 8.35. The first-order valence-corrected chi connectivity index (χ1v) is 11.4. The Labute approximate surface area is 191 Å². The first kappa shape index (κ1) is 21.2. The predicted molar refractivity (Wildman–Crippen MR) is 124 cm³/mol. The highest BCUT2D eigenvalue weighted by molar-refractivity contribution is 6.04. The summed E-state index contributed by atoms with van der Waals surface area (Å²) in [6.45, 7) is 1.91. The van der Waals surface area contributed by atoms with Crippen LogP contribution in [0.4, 0.5) is 5.82 Å². The van der Waals surface area contributed by atoms with Crippen LogP contribution in [0.2, 0.25) is 0 Å². The number of Topliss-reactive ketones (excluding diaryl/α,β-unsaturated/α-hetero) is 1. The van der Waals surface area contributed by atoms with E-state index in [-0.39, 0.29) is 29.5 Å². The number of amides is 2. The van der Waals surface area contributed by atoms with Crippen LogP contribution in [-0.4, -0.2) is 39.5 Å². The molecular formula is C25H27N5O3. The van der Waals surface area contributed by atoms with E-state index in [1.165, 1.54) is 10.9 Å². The molecule has 1 aromatic carbocycles. The minimum Gasteiger partial charge on any atom is -0.383 e. The number of nitrogens with zero attached hydrogens (tertiary/aromatic N) is 2. The van der Waals surface area contributed by atoms with E-state index in [0.717, 1.165) is 31.2 Å². The van der Waals surface area contributed by atoms with E-state index in [9.17, 15) is 14.4 Å². The minimum atomic E-state index is -0.404. The van der Waals surface area contributed by atoms with Gasteiger partial charge in [0.2, 0.25) is 0 Å². The van der Waals surface area contributed by atoms with Gasteiger partial charge in [0.05, 0.1) is 17.4 Å². The van der Waals surface area contributed by atoms with E-state index >= 15 is 0 Å². The second-order valence-corrected chi connectivity index (χ2v) is 9.08. The smallest absolute Gasteiger partial charge is 0.251 e. The normalized spacial score (nSPS) is 19.7. The quantitative estimate of drug-likeness (QED) is 0.566. The van der Waals surface area contributed by atoms with Crippen LogP contribution in [0.1, 0.15) is 58.4 Å². The van der Waals surface area contributed by atoms with Crippen molar-refractivity contribution in [2.24, 2.45) is 5.92 Å². The molecule has 8 heteroatoms. The summed E-state index contributed by atoms with van der Waals surface area (Å²) in [5.74, 6) is -0.528. The van der Waals surface area contributed by atoms with Crippen molar-refractivity contribution in [2.45, 2.75) is 51.1 Å². The largest absolute Gasteiger partial charge is 0.383 e. The van der Waals surface area contributed by atoms with Crippen molar-refractivity contribution in [1.82, 2.24) is 20.4 Å². The number of rotatable bonds is 7. The fourth-order valence-corrected chi connectivity index (χ4v) is 3.89. The van der Waals surface area contributed by atoms with Crippen LogP contribution in [0.5, 0.6) is 0 Å². The molecule has 8 nitrogen and oxygen atoms in total. The molecular weight excluding hydrogens is 418 g/mol. The van der Waals surface area contributed by atoms with E-state index < -0.39 is 5.92 Å². The number of carbonyl (C=O) groups is 3. The van der Waals surface area contributed by atoms with Crippen molar-refractivity contribution in [3.05, 3.63) is 64.9 Å².